The van der Waals surface area contributed by atoms with Crippen LogP contribution in [0.25, 0.3) is 0 Å². The summed E-state index contributed by atoms with van der Waals surface area (Å²) in [4.78, 5) is 25.6. The van der Waals surface area contributed by atoms with Gasteiger partial charge in [-0.3, -0.25) is 14.9 Å². The molecule has 0 unspecified atom stereocenters. The van der Waals surface area contributed by atoms with Crippen molar-refractivity contribution in [3.8, 4) is 0 Å². The zero-order valence-corrected chi connectivity index (χ0v) is 13.7. The molecule has 0 saturated carbocycles. The van der Waals surface area contributed by atoms with Gasteiger partial charge in [-0.1, -0.05) is 13.8 Å². The Labute approximate surface area is 129 Å². The number of aryl methyl sites for hydroxylation is 1. The van der Waals surface area contributed by atoms with E-state index in [2.05, 4.69) is 24.1 Å². The third kappa shape index (κ3) is 5.43. The Bertz CT molecular complexity index is 482. The number of carbonyl (C=O) groups excluding carboxylic acids is 1. The second-order valence-electron chi connectivity index (χ2n) is 4.91. The van der Waals surface area contributed by atoms with E-state index < -0.39 is 4.92 Å². The van der Waals surface area contributed by atoms with Gasteiger partial charge in [0.25, 0.3) is 11.6 Å². The number of amides is 1. The summed E-state index contributed by atoms with van der Waals surface area (Å²) in [6, 6.07) is 1.35. The van der Waals surface area contributed by atoms with Crippen molar-refractivity contribution < 1.29 is 9.72 Å². The first-order valence-corrected chi connectivity index (χ1v) is 8.06. The van der Waals surface area contributed by atoms with Crippen molar-refractivity contribution in [3.05, 3.63) is 25.9 Å². The summed E-state index contributed by atoms with van der Waals surface area (Å²) in [7, 11) is 0. The molecule has 0 spiro atoms. The van der Waals surface area contributed by atoms with E-state index in [4.69, 9.17) is 0 Å². The lowest BCUT2D eigenvalue weighted by Crippen LogP contribution is -2.35. The van der Waals surface area contributed by atoms with Gasteiger partial charge in [-0.25, -0.2) is 0 Å². The van der Waals surface area contributed by atoms with Gasteiger partial charge < -0.3 is 10.2 Å². The third-order valence-corrected chi connectivity index (χ3v) is 4.14. The van der Waals surface area contributed by atoms with Crippen LogP contribution in [0.3, 0.4) is 0 Å². The van der Waals surface area contributed by atoms with Gasteiger partial charge >= 0.3 is 0 Å². The van der Waals surface area contributed by atoms with Crippen molar-refractivity contribution in [2.24, 2.45) is 0 Å². The van der Waals surface area contributed by atoms with E-state index in [1.165, 1.54) is 6.07 Å². The molecule has 1 heterocycles. The van der Waals surface area contributed by atoms with Gasteiger partial charge in [0.1, 0.15) is 0 Å². The number of thiophene rings is 1. The SMILES string of the molecule is CCCN(CCC)CCNC(=O)c1cc([N+](=O)[O-])c(C)s1. The minimum atomic E-state index is -0.452. The number of nitrogens with zero attached hydrogens (tertiary/aromatic N) is 2. The van der Waals surface area contributed by atoms with Crippen LogP contribution in [0, 0.1) is 17.0 Å². The van der Waals surface area contributed by atoms with Gasteiger partial charge in [-0.2, -0.15) is 0 Å². The Morgan fingerprint density at radius 3 is 2.43 bits per heavy atom. The Balaban J connectivity index is 2.50. The van der Waals surface area contributed by atoms with Crippen molar-refractivity contribution in [2.45, 2.75) is 33.6 Å². The molecule has 118 valence electrons. The van der Waals surface area contributed by atoms with Gasteiger partial charge in [0, 0.05) is 19.2 Å². The molecule has 0 radical (unpaired) electrons. The monoisotopic (exact) mass is 313 g/mol. The van der Waals surface area contributed by atoms with Crippen molar-refractivity contribution in [1.29, 1.82) is 0 Å². The molecule has 1 rings (SSSR count). The average Bonchev–Trinajstić information content (AvgIpc) is 2.81. The van der Waals surface area contributed by atoms with Crippen molar-refractivity contribution >= 4 is 22.9 Å². The molecule has 1 N–H and O–H groups in total. The number of rotatable bonds is 9. The van der Waals surface area contributed by atoms with Gasteiger partial charge in [0.05, 0.1) is 14.7 Å². The predicted molar refractivity (Wildman–Crippen MR) is 85.1 cm³/mol. The van der Waals surface area contributed by atoms with Crippen LogP contribution in [0.15, 0.2) is 6.07 Å². The first-order valence-electron chi connectivity index (χ1n) is 7.24. The average molecular weight is 313 g/mol. The van der Waals surface area contributed by atoms with Crippen LogP contribution in [-0.2, 0) is 0 Å². The van der Waals surface area contributed by atoms with Crippen molar-refractivity contribution in [1.82, 2.24) is 10.2 Å². The van der Waals surface area contributed by atoms with E-state index in [9.17, 15) is 14.9 Å². The molecule has 1 aromatic heterocycles. The number of nitrogens with one attached hydrogen (secondary N) is 1. The van der Waals surface area contributed by atoms with E-state index in [-0.39, 0.29) is 11.6 Å². The van der Waals surface area contributed by atoms with Crippen LogP contribution in [0.5, 0.6) is 0 Å². The Morgan fingerprint density at radius 1 is 1.33 bits per heavy atom. The highest BCUT2D eigenvalue weighted by Crippen LogP contribution is 2.27. The molecule has 0 atom stereocenters. The summed E-state index contributed by atoms with van der Waals surface area (Å²) in [6.45, 7) is 9.33. The highest BCUT2D eigenvalue weighted by atomic mass is 32.1. The molecule has 0 aliphatic heterocycles. The van der Waals surface area contributed by atoms with Crippen LogP contribution < -0.4 is 5.32 Å². The molecule has 6 nitrogen and oxygen atoms in total. The van der Waals surface area contributed by atoms with Crippen LogP contribution in [0.4, 0.5) is 5.69 Å². The van der Waals surface area contributed by atoms with E-state index >= 15 is 0 Å². The first-order chi connectivity index (χ1) is 9.99. The zero-order valence-electron chi connectivity index (χ0n) is 12.8. The molecule has 7 heteroatoms. The molecule has 1 aromatic rings. The number of nitro groups is 1. The molecule has 0 fully saturated rings. The molecular formula is C14H23N3O3S. The summed E-state index contributed by atoms with van der Waals surface area (Å²) in [5.74, 6) is -0.232. The lowest BCUT2D eigenvalue weighted by atomic mass is 10.3. The van der Waals surface area contributed by atoms with E-state index in [1.54, 1.807) is 6.92 Å². The summed E-state index contributed by atoms with van der Waals surface area (Å²) < 4.78 is 0. The smallest absolute Gasteiger partial charge is 0.283 e. The quantitative estimate of drug-likeness (QED) is 0.562. The first kappa shape index (κ1) is 17.6. The fourth-order valence-corrected chi connectivity index (χ4v) is 3.05. The van der Waals surface area contributed by atoms with Crippen LogP contribution >= 0.6 is 11.3 Å². The van der Waals surface area contributed by atoms with Gasteiger partial charge in [-0.15, -0.1) is 11.3 Å². The largest absolute Gasteiger partial charge is 0.350 e. The van der Waals surface area contributed by atoms with E-state index in [0.717, 1.165) is 43.8 Å². The Hall–Kier alpha value is -1.47. The number of hydrogen-bond donors (Lipinski definition) is 1. The molecule has 0 aromatic carbocycles. The molecule has 0 bridgehead atoms. The van der Waals surface area contributed by atoms with Crippen molar-refractivity contribution in [2.75, 3.05) is 26.2 Å². The van der Waals surface area contributed by atoms with Crippen LogP contribution in [0.1, 0.15) is 41.2 Å². The van der Waals surface area contributed by atoms with Gasteiger partial charge in [0.2, 0.25) is 0 Å². The fourth-order valence-electron chi connectivity index (χ4n) is 2.15. The minimum Gasteiger partial charge on any atom is -0.350 e. The predicted octanol–water partition coefficient (Wildman–Crippen LogP) is 2.82. The summed E-state index contributed by atoms with van der Waals surface area (Å²) in [5, 5.41) is 13.6. The zero-order chi connectivity index (χ0) is 15.8. The molecule has 0 saturated heterocycles. The van der Waals surface area contributed by atoms with Gasteiger partial charge in [0.15, 0.2) is 0 Å². The fraction of sp³-hybridized carbons (Fsp3) is 0.643. The maximum absolute atomic E-state index is 12.0. The van der Waals surface area contributed by atoms with Crippen molar-refractivity contribution in [3.63, 3.8) is 0 Å². The Morgan fingerprint density at radius 2 is 1.95 bits per heavy atom. The maximum Gasteiger partial charge on any atom is 0.283 e. The topological polar surface area (TPSA) is 75.5 Å². The highest BCUT2D eigenvalue weighted by Gasteiger charge is 2.19. The summed E-state index contributed by atoms with van der Waals surface area (Å²) in [5.41, 5.74) is 0.0174. The van der Waals surface area contributed by atoms with E-state index in [1.807, 2.05) is 0 Å². The highest BCUT2D eigenvalue weighted by molar-refractivity contribution is 7.14. The number of hydrogen-bond acceptors (Lipinski definition) is 5. The molecular weight excluding hydrogens is 290 g/mol. The standard InChI is InChI=1S/C14H23N3O3S/c1-4-7-16(8-5-2)9-6-15-14(18)13-10-12(17(19)20)11(3)21-13/h10H,4-9H2,1-3H3,(H,15,18). The maximum atomic E-state index is 12.0. The van der Waals surface area contributed by atoms with Crippen LogP contribution in [-0.4, -0.2) is 41.9 Å². The Kier molecular flexibility index (Phi) is 7.31. The second kappa shape index (κ2) is 8.74. The number of carbonyl (C=O) groups is 1. The summed E-state index contributed by atoms with van der Waals surface area (Å²) >= 11 is 1.16. The molecule has 0 aliphatic rings. The van der Waals surface area contributed by atoms with Gasteiger partial charge in [-0.05, 0) is 32.9 Å². The third-order valence-electron chi connectivity index (χ3n) is 3.11. The molecule has 21 heavy (non-hydrogen) atoms. The second-order valence-corrected chi connectivity index (χ2v) is 6.16. The van der Waals surface area contributed by atoms with Crippen LogP contribution in [0.2, 0.25) is 0 Å². The minimum absolute atomic E-state index is 0.0174. The lowest BCUT2D eigenvalue weighted by Gasteiger charge is -2.20. The molecule has 0 aliphatic carbocycles. The molecule has 1 amide bonds. The van der Waals surface area contributed by atoms with E-state index in [0.29, 0.717) is 16.3 Å². The lowest BCUT2D eigenvalue weighted by molar-refractivity contribution is -0.385. The summed E-state index contributed by atoms with van der Waals surface area (Å²) in [6.07, 6.45) is 2.18. The normalized spacial score (nSPS) is 10.9.